The van der Waals surface area contributed by atoms with Gasteiger partial charge in [0.2, 0.25) is 11.9 Å². The van der Waals surface area contributed by atoms with Crippen molar-refractivity contribution in [1.29, 1.82) is 0 Å². The van der Waals surface area contributed by atoms with Gasteiger partial charge in [-0.15, -0.1) is 0 Å². The Bertz CT molecular complexity index is 1120. The first kappa shape index (κ1) is 20.3. The van der Waals surface area contributed by atoms with Crippen molar-refractivity contribution in [1.82, 2.24) is 15.3 Å². The minimum atomic E-state index is -0.635. The van der Waals surface area contributed by atoms with Crippen molar-refractivity contribution in [3.8, 4) is 0 Å². The zero-order valence-electron chi connectivity index (χ0n) is 16.8. The van der Waals surface area contributed by atoms with Crippen LogP contribution >= 0.6 is 0 Å². The highest BCUT2D eigenvalue weighted by molar-refractivity contribution is 5.97. The molecule has 0 spiro atoms. The molecule has 1 aliphatic rings. The van der Waals surface area contributed by atoms with Crippen LogP contribution in [0.25, 0.3) is 0 Å². The van der Waals surface area contributed by atoms with Gasteiger partial charge in [-0.2, -0.15) is 4.98 Å². The molecule has 31 heavy (non-hydrogen) atoms. The van der Waals surface area contributed by atoms with Crippen molar-refractivity contribution in [3.05, 3.63) is 66.1 Å². The number of benzene rings is 2. The van der Waals surface area contributed by atoms with E-state index in [4.69, 9.17) is 0 Å². The van der Waals surface area contributed by atoms with Crippen molar-refractivity contribution in [3.63, 3.8) is 0 Å². The highest BCUT2D eigenvalue weighted by Gasteiger charge is 2.30. The number of carbonyl (C=O) groups is 2. The SMILES string of the molecule is CNC(=O)c1ccc(Nc2ncc(F)c(Nc3ccccc3NC(=O)C3CC3)n2)cc1. The smallest absolute Gasteiger partial charge is 0.251 e. The van der Waals surface area contributed by atoms with Gasteiger partial charge in [-0.3, -0.25) is 9.59 Å². The Morgan fingerprint density at radius 2 is 1.71 bits per heavy atom. The van der Waals surface area contributed by atoms with Crippen molar-refractivity contribution in [2.75, 3.05) is 23.0 Å². The molecule has 0 saturated heterocycles. The minimum absolute atomic E-state index is 0.0346. The fourth-order valence-electron chi connectivity index (χ4n) is 2.90. The van der Waals surface area contributed by atoms with Gasteiger partial charge in [-0.25, -0.2) is 9.37 Å². The Balaban J connectivity index is 1.51. The third kappa shape index (κ3) is 4.95. The molecule has 1 aliphatic carbocycles. The predicted molar refractivity (Wildman–Crippen MR) is 116 cm³/mol. The molecule has 4 N–H and O–H groups in total. The van der Waals surface area contributed by atoms with E-state index in [1.54, 1.807) is 55.6 Å². The van der Waals surface area contributed by atoms with Crippen LogP contribution in [0.1, 0.15) is 23.2 Å². The number of aromatic nitrogens is 2. The molecule has 8 nitrogen and oxygen atoms in total. The summed E-state index contributed by atoms with van der Waals surface area (Å²) in [5.41, 5.74) is 2.23. The first-order valence-corrected chi connectivity index (χ1v) is 9.82. The maximum atomic E-state index is 14.4. The van der Waals surface area contributed by atoms with E-state index in [1.807, 2.05) is 0 Å². The summed E-state index contributed by atoms with van der Waals surface area (Å²) in [5, 5.41) is 11.3. The largest absolute Gasteiger partial charge is 0.355 e. The molecule has 158 valence electrons. The molecule has 0 radical (unpaired) electrons. The highest BCUT2D eigenvalue weighted by Crippen LogP contribution is 2.32. The van der Waals surface area contributed by atoms with Crippen molar-refractivity contribution < 1.29 is 14.0 Å². The number of nitrogens with zero attached hydrogens (tertiary/aromatic N) is 2. The summed E-state index contributed by atoms with van der Waals surface area (Å²) in [7, 11) is 1.56. The number of nitrogens with one attached hydrogen (secondary N) is 4. The second-order valence-corrected chi connectivity index (χ2v) is 7.11. The van der Waals surface area contributed by atoms with Crippen LogP contribution in [0.15, 0.2) is 54.7 Å². The number of para-hydroxylation sites is 2. The third-order valence-corrected chi connectivity index (χ3v) is 4.76. The zero-order valence-corrected chi connectivity index (χ0v) is 16.8. The fourth-order valence-corrected chi connectivity index (χ4v) is 2.90. The molecule has 2 amide bonds. The minimum Gasteiger partial charge on any atom is -0.355 e. The number of hydrogen-bond acceptors (Lipinski definition) is 6. The monoisotopic (exact) mass is 420 g/mol. The molecule has 0 atom stereocenters. The highest BCUT2D eigenvalue weighted by atomic mass is 19.1. The van der Waals surface area contributed by atoms with Crippen LogP contribution in [-0.4, -0.2) is 28.8 Å². The van der Waals surface area contributed by atoms with Crippen LogP contribution < -0.4 is 21.3 Å². The van der Waals surface area contributed by atoms with Gasteiger partial charge in [0, 0.05) is 24.2 Å². The van der Waals surface area contributed by atoms with E-state index < -0.39 is 5.82 Å². The maximum Gasteiger partial charge on any atom is 0.251 e. The van der Waals surface area contributed by atoms with Crippen LogP contribution in [0.2, 0.25) is 0 Å². The number of amides is 2. The van der Waals surface area contributed by atoms with Gasteiger partial charge in [-0.1, -0.05) is 12.1 Å². The van der Waals surface area contributed by atoms with Gasteiger partial charge in [0.25, 0.3) is 5.91 Å². The molecule has 1 fully saturated rings. The van der Waals surface area contributed by atoms with Crippen LogP contribution in [-0.2, 0) is 4.79 Å². The summed E-state index contributed by atoms with van der Waals surface area (Å²) in [4.78, 5) is 31.9. The lowest BCUT2D eigenvalue weighted by molar-refractivity contribution is -0.117. The molecule has 4 rings (SSSR count). The lowest BCUT2D eigenvalue weighted by atomic mass is 10.2. The first-order chi connectivity index (χ1) is 15.0. The van der Waals surface area contributed by atoms with E-state index in [9.17, 15) is 14.0 Å². The van der Waals surface area contributed by atoms with E-state index in [0.717, 1.165) is 19.0 Å². The topological polar surface area (TPSA) is 108 Å². The van der Waals surface area contributed by atoms with Crippen LogP contribution in [0.3, 0.4) is 0 Å². The van der Waals surface area contributed by atoms with E-state index in [-0.39, 0.29) is 29.5 Å². The Kier molecular flexibility index (Phi) is 5.74. The molecule has 9 heteroatoms. The van der Waals surface area contributed by atoms with Crippen LogP contribution in [0.4, 0.5) is 33.2 Å². The Labute approximate surface area is 178 Å². The average molecular weight is 420 g/mol. The molecule has 0 aliphatic heterocycles. The molecule has 1 saturated carbocycles. The summed E-state index contributed by atoms with van der Waals surface area (Å²) < 4.78 is 14.4. The number of hydrogen-bond donors (Lipinski definition) is 4. The third-order valence-electron chi connectivity index (χ3n) is 4.76. The molecule has 3 aromatic rings. The summed E-state index contributed by atoms with van der Waals surface area (Å²) in [6.07, 6.45) is 2.84. The summed E-state index contributed by atoms with van der Waals surface area (Å²) in [6.45, 7) is 0. The molecular weight excluding hydrogens is 399 g/mol. The van der Waals surface area contributed by atoms with Gasteiger partial charge in [-0.05, 0) is 49.2 Å². The average Bonchev–Trinajstić information content (AvgIpc) is 3.63. The summed E-state index contributed by atoms with van der Waals surface area (Å²) in [5.74, 6) is -0.676. The van der Waals surface area contributed by atoms with E-state index in [1.165, 1.54) is 0 Å². The predicted octanol–water partition coefficient (Wildman–Crippen LogP) is 3.81. The molecular formula is C22H21FN6O2. The zero-order chi connectivity index (χ0) is 21.8. The molecule has 2 aromatic carbocycles. The standard InChI is InChI=1S/C22H21FN6O2/c1-24-20(30)13-8-10-15(11-9-13)26-22-25-12-16(23)19(29-22)27-17-4-2-3-5-18(17)28-21(31)14-6-7-14/h2-5,8-12,14H,6-7H2,1H3,(H,24,30)(H,28,31)(H2,25,26,27,29). The van der Waals surface area contributed by atoms with Crippen LogP contribution in [0, 0.1) is 11.7 Å². The van der Waals surface area contributed by atoms with Crippen LogP contribution in [0.5, 0.6) is 0 Å². The number of rotatable bonds is 7. The second-order valence-electron chi connectivity index (χ2n) is 7.11. The van der Waals surface area contributed by atoms with E-state index in [0.29, 0.717) is 22.6 Å². The van der Waals surface area contributed by atoms with E-state index in [2.05, 4.69) is 31.2 Å². The molecule has 0 bridgehead atoms. The lowest BCUT2D eigenvalue weighted by Crippen LogP contribution is -2.17. The summed E-state index contributed by atoms with van der Waals surface area (Å²) >= 11 is 0. The van der Waals surface area contributed by atoms with Gasteiger partial charge in [0.05, 0.1) is 17.6 Å². The van der Waals surface area contributed by atoms with Crippen molar-refractivity contribution in [2.45, 2.75) is 12.8 Å². The van der Waals surface area contributed by atoms with Gasteiger partial charge < -0.3 is 21.3 Å². The normalized spacial score (nSPS) is 12.7. The number of carbonyl (C=O) groups excluding carboxylic acids is 2. The van der Waals surface area contributed by atoms with Gasteiger partial charge >= 0.3 is 0 Å². The first-order valence-electron chi connectivity index (χ1n) is 9.82. The number of anilines is 5. The quantitative estimate of drug-likeness (QED) is 0.463. The fraction of sp³-hybridized carbons (Fsp3) is 0.182. The molecule has 0 unspecified atom stereocenters. The Hall–Kier alpha value is -4.01. The second kappa shape index (κ2) is 8.78. The maximum absolute atomic E-state index is 14.4. The Morgan fingerprint density at radius 3 is 2.39 bits per heavy atom. The van der Waals surface area contributed by atoms with Gasteiger partial charge in [0.15, 0.2) is 11.6 Å². The number of halogens is 1. The molecule has 1 aromatic heterocycles. The van der Waals surface area contributed by atoms with Crippen molar-refractivity contribution in [2.24, 2.45) is 5.92 Å². The lowest BCUT2D eigenvalue weighted by Gasteiger charge is -2.14. The van der Waals surface area contributed by atoms with Gasteiger partial charge in [0.1, 0.15) is 0 Å². The van der Waals surface area contributed by atoms with Crippen molar-refractivity contribution >= 4 is 40.6 Å². The summed E-state index contributed by atoms with van der Waals surface area (Å²) in [6, 6.07) is 13.8. The Morgan fingerprint density at radius 1 is 1.00 bits per heavy atom. The van der Waals surface area contributed by atoms with E-state index >= 15 is 0 Å². The molecule has 1 heterocycles.